The van der Waals surface area contributed by atoms with Gasteiger partial charge in [0.25, 0.3) is 0 Å². The van der Waals surface area contributed by atoms with Crippen molar-refractivity contribution in [1.29, 1.82) is 0 Å². The summed E-state index contributed by atoms with van der Waals surface area (Å²) in [5.41, 5.74) is 1.55. The van der Waals surface area contributed by atoms with Gasteiger partial charge in [-0.3, -0.25) is 4.79 Å². The molecule has 2 rings (SSSR count). The van der Waals surface area contributed by atoms with Crippen LogP contribution in [0.15, 0.2) is 36.4 Å². The van der Waals surface area contributed by atoms with E-state index >= 15 is 0 Å². The largest absolute Gasteiger partial charge is 0.496 e. The maximum absolute atomic E-state index is 13.6. The summed E-state index contributed by atoms with van der Waals surface area (Å²) in [4.78, 5) is 12.1. The number of halogens is 2. The van der Waals surface area contributed by atoms with Gasteiger partial charge < -0.3 is 4.74 Å². The quantitative estimate of drug-likeness (QED) is 0.796. The number of aryl methyl sites for hydroxylation is 1. The topological polar surface area (TPSA) is 26.3 Å². The molecule has 0 aliphatic carbocycles. The van der Waals surface area contributed by atoms with Crippen molar-refractivity contribution in [3.63, 3.8) is 0 Å². The van der Waals surface area contributed by atoms with Crippen molar-refractivity contribution in [3.8, 4) is 5.75 Å². The highest BCUT2D eigenvalue weighted by Crippen LogP contribution is 2.22. The lowest BCUT2D eigenvalue weighted by Gasteiger charge is -2.09. The molecule has 2 aromatic rings. The summed E-state index contributed by atoms with van der Waals surface area (Å²) in [5, 5.41) is 0. The van der Waals surface area contributed by atoms with Gasteiger partial charge in [0.2, 0.25) is 0 Å². The average Bonchev–Trinajstić information content (AvgIpc) is 2.38. The summed E-state index contributed by atoms with van der Waals surface area (Å²) >= 11 is 0. The van der Waals surface area contributed by atoms with Gasteiger partial charge in [-0.15, -0.1) is 0 Å². The Labute approximate surface area is 116 Å². The van der Waals surface area contributed by atoms with Crippen molar-refractivity contribution in [1.82, 2.24) is 0 Å². The molecule has 0 atom stereocenters. The molecule has 0 aromatic heterocycles. The van der Waals surface area contributed by atoms with Crippen LogP contribution in [0.3, 0.4) is 0 Å². The van der Waals surface area contributed by atoms with Crippen LogP contribution in [0.2, 0.25) is 0 Å². The first kappa shape index (κ1) is 14.2. The first-order chi connectivity index (χ1) is 9.51. The van der Waals surface area contributed by atoms with Crippen molar-refractivity contribution in [2.24, 2.45) is 0 Å². The monoisotopic (exact) mass is 276 g/mol. The molecule has 0 aliphatic heterocycles. The van der Waals surface area contributed by atoms with Gasteiger partial charge in [0.15, 0.2) is 5.78 Å². The third-order valence-corrected chi connectivity index (χ3v) is 3.02. The number of methoxy groups -OCH3 is 1. The van der Waals surface area contributed by atoms with Gasteiger partial charge in [-0.05, 0) is 25.1 Å². The molecule has 0 radical (unpaired) electrons. The van der Waals surface area contributed by atoms with E-state index in [1.54, 1.807) is 6.07 Å². The predicted octanol–water partition coefficient (Wildman–Crippen LogP) is 3.71. The molecule has 0 fully saturated rings. The maximum atomic E-state index is 13.6. The SMILES string of the molecule is COc1ccc(C)cc1CC(=O)c1ccc(F)cc1F. The van der Waals surface area contributed by atoms with E-state index in [-0.39, 0.29) is 12.0 Å². The van der Waals surface area contributed by atoms with E-state index in [1.807, 2.05) is 19.1 Å². The fourth-order valence-corrected chi connectivity index (χ4v) is 2.03. The molecule has 2 aromatic carbocycles. The molecule has 20 heavy (non-hydrogen) atoms. The lowest BCUT2D eigenvalue weighted by molar-refractivity contribution is 0.0988. The molecular weight excluding hydrogens is 262 g/mol. The molecule has 0 amide bonds. The van der Waals surface area contributed by atoms with Crippen molar-refractivity contribution in [3.05, 3.63) is 64.7 Å². The minimum Gasteiger partial charge on any atom is -0.496 e. The predicted molar refractivity (Wildman–Crippen MR) is 72.1 cm³/mol. The molecule has 0 bridgehead atoms. The Morgan fingerprint density at radius 2 is 1.90 bits per heavy atom. The molecule has 104 valence electrons. The van der Waals surface area contributed by atoms with Gasteiger partial charge in [0.1, 0.15) is 17.4 Å². The fourth-order valence-electron chi connectivity index (χ4n) is 2.03. The normalized spacial score (nSPS) is 10.4. The number of Topliss-reactive ketones (excluding diaryl/α,β-unsaturated/α-hetero) is 1. The van der Waals surface area contributed by atoms with Crippen LogP contribution in [0.25, 0.3) is 0 Å². The van der Waals surface area contributed by atoms with Gasteiger partial charge in [0, 0.05) is 18.1 Å². The average molecular weight is 276 g/mol. The summed E-state index contributed by atoms with van der Waals surface area (Å²) in [5.74, 6) is -1.38. The van der Waals surface area contributed by atoms with Crippen LogP contribution in [0.1, 0.15) is 21.5 Å². The molecule has 0 spiro atoms. The van der Waals surface area contributed by atoms with E-state index in [0.29, 0.717) is 17.4 Å². The Morgan fingerprint density at radius 1 is 1.15 bits per heavy atom. The van der Waals surface area contributed by atoms with Crippen LogP contribution in [-0.2, 0) is 6.42 Å². The fraction of sp³-hybridized carbons (Fsp3) is 0.188. The Morgan fingerprint density at radius 3 is 2.55 bits per heavy atom. The molecule has 0 heterocycles. The number of ether oxygens (including phenoxy) is 1. The lowest BCUT2D eigenvalue weighted by atomic mass is 10.0. The van der Waals surface area contributed by atoms with E-state index in [9.17, 15) is 13.6 Å². The number of benzene rings is 2. The maximum Gasteiger partial charge on any atom is 0.170 e. The van der Waals surface area contributed by atoms with Gasteiger partial charge in [-0.2, -0.15) is 0 Å². The van der Waals surface area contributed by atoms with Crippen LogP contribution in [0, 0.1) is 18.6 Å². The number of carbonyl (C=O) groups is 1. The molecule has 0 aliphatic rings. The number of ketones is 1. The van der Waals surface area contributed by atoms with Crippen molar-refractivity contribution in [2.45, 2.75) is 13.3 Å². The lowest BCUT2D eigenvalue weighted by Crippen LogP contribution is -2.08. The summed E-state index contributed by atoms with van der Waals surface area (Å²) < 4.78 is 31.6. The number of rotatable bonds is 4. The molecule has 0 N–H and O–H groups in total. The zero-order valence-corrected chi connectivity index (χ0v) is 11.2. The van der Waals surface area contributed by atoms with Gasteiger partial charge in [0.05, 0.1) is 12.7 Å². The first-order valence-corrected chi connectivity index (χ1v) is 6.13. The highest BCUT2D eigenvalue weighted by atomic mass is 19.1. The Kier molecular flexibility index (Phi) is 4.13. The minimum absolute atomic E-state index is 0.00735. The Hall–Kier alpha value is -2.23. The number of carbonyl (C=O) groups excluding carboxylic acids is 1. The molecular formula is C16H14F2O2. The third-order valence-electron chi connectivity index (χ3n) is 3.02. The van der Waals surface area contributed by atoms with Crippen molar-refractivity contribution < 1.29 is 18.3 Å². The first-order valence-electron chi connectivity index (χ1n) is 6.13. The van der Waals surface area contributed by atoms with Crippen LogP contribution < -0.4 is 4.74 Å². The standard InChI is InChI=1S/C16H14F2O2/c1-10-3-6-16(20-2)11(7-10)8-15(19)13-5-4-12(17)9-14(13)18/h3-7,9H,8H2,1-2H3. The Balaban J connectivity index is 2.30. The van der Waals surface area contributed by atoms with Gasteiger partial charge >= 0.3 is 0 Å². The van der Waals surface area contributed by atoms with Crippen molar-refractivity contribution in [2.75, 3.05) is 7.11 Å². The molecule has 0 unspecified atom stereocenters. The minimum atomic E-state index is -0.846. The van der Waals surface area contributed by atoms with E-state index in [1.165, 1.54) is 7.11 Å². The smallest absolute Gasteiger partial charge is 0.170 e. The zero-order valence-electron chi connectivity index (χ0n) is 11.2. The molecule has 2 nitrogen and oxygen atoms in total. The van der Waals surface area contributed by atoms with Gasteiger partial charge in [-0.25, -0.2) is 8.78 Å². The summed E-state index contributed by atoms with van der Waals surface area (Å²) in [6, 6.07) is 8.39. The Bertz CT molecular complexity index is 651. The second kappa shape index (κ2) is 5.82. The van der Waals surface area contributed by atoms with E-state index in [4.69, 9.17) is 4.74 Å². The second-order valence-electron chi connectivity index (χ2n) is 4.54. The van der Waals surface area contributed by atoms with Gasteiger partial charge in [-0.1, -0.05) is 17.7 Å². The van der Waals surface area contributed by atoms with E-state index in [2.05, 4.69) is 0 Å². The van der Waals surface area contributed by atoms with Crippen LogP contribution in [-0.4, -0.2) is 12.9 Å². The van der Waals surface area contributed by atoms with E-state index in [0.717, 1.165) is 17.7 Å². The van der Waals surface area contributed by atoms with Crippen LogP contribution in [0.4, 0.5) is 8.78 Å². The van der Waals surface area contributed by atoms with Crippen molar-refractivity contribution >= 4 is 5.78 Å². The summed E-state index contributed by atoms with van der Waals surface area (Å²) in [6.45, 7) is 1.89. The van der Waals surface area contributed by atoms with Crippen LogP contribution >= 0.6 is 0 Å². The second-order valence-corrected chi connectivity index (χ2v) is 4.54. The molecule has 4 heteroatoms. The molecule has 0 saturated carbocycles. The highest BCUT2D eigenvalue weighted by Gasteiger charge is 2.15. The summed E-state index contributed by atoms with van der Waals surface area (Å²) in [7, 11) is 1.51. The number of hydrogen-bond donors (Lipinski definition) is 0. The third kappa shape index (κ3) is 3.02. The zero-order chi connectivity index (χ0) is 14.7. The number of hydrogen-bond acceptors (Lipinski definition) is 2. The van der Waals surface area contributed by atoms with Crippen LogP contribution in [0.5, 0.6) is 5.75 Å². The highest BCUT2D eigenvalue weighted by molar-refractivity contribution is 5.98. The van der Waals surface area contributed by atoms with E-state index < -0.39 is 17.4 Å². The summed E-state index contributed by atoms with van der Waals surface area (Å²) in [6.07, 6.45) is 0.00735. The molecule has 0 saturated heterocycles.